The Morgan fingerprint density at radius 2 is 1.97 bits per heavy atom. The number of nitrogens with one attached hydrogen (secondary N) is 2. The SMILES string of the molecule is C=C1CC(c2ncc(-c3ccc4cc(Br)ccc4c3)[nH]2)N(C(=O)C(NC(=O)OC)C(C)C)C1. The van der Waals surface area contributed by atoms with Crippen molar-refractivity contribution < 1.29 is 14.3 Å². The van der Waals surface area contributed by atoms with Gasteiger partial charge >= 0.3 is 6.09 Å². The Balaban J connectivity index is 1.60. The van der Waals surface area contributed by atoms with Crippen LogP contribution in [0.5, 0.6) is 0 Å². The van der Waals surface area contributed by atoms with E-state index >= 15 is 0 Å². The van der Waals surface area contributed by atoms with E-state index in [2.05, 4.69) is 68.1 Å². The molecule has 8 heteroatoms. The summed E-state index contributed by atoms with van der Waals surface area (Å²) in [5.41, 5.74) is 2.85. The minimum Gasteiger partial charge on any atom is -0.453 e. The fraction of sp³-hybridized carbons (Fsp3) is 0.320. The fourth-order valence-electron chi connectivity index (χ4n) is 4.19. The van der Waals surface area contributed by atoms with Gasteiger partial charge in [-0.25, -0.2) is 9.78 Å². The van der Waals surface area contributed by atoms with Crippen LogP contribution in [0, 0.1) is 5.92 Å². The lowest BCUT2D eigenvalue weighted by atomic mass is 10.0. The normalized spacial score (nSPS) is 16.9. The van der Waals surface area contributed by atoms with Crippen molar-refractivity contribution in [2.24, 2.45) is 5.92 Å². The van der Waals surface area contributed by atoms with Crippen LogP contribution >= 0.6 is 15.9 Å². The number of aromatic nitrogens is 2. The zero-order valence-electron chi connectivity index (χ0n) is 18.9. The van der Waals surface area contributed by atoms with Gasteiger partial charge in [-0.2, -0.15) is 0 Å². The van der Waals surface area contributed by atoms with Gasteiger partial charge in [-0.05, 0) is 41.3 Å². The van der Waals surface area contributed by atoms with E-state index in [0.29, 0.717) is 18.8 Å². The third-order valence-electron chi connectivity index (χ3n) is 5.95. The van der Waals surface area contributed by atoms with E-state index in [1.54, 1.807) is 11.1 Å². The number of benzene rings is 2. The molecule has 2 amide bonds. The van der Waals surface area contributed by atoms with Crippen molar-refractivity contribution in [2.45, 2.75) is 32.4 Å². The fourth-order valence-corrected chi connectivity index (χ4v) is 4.57. The standard InChI is InChI=1S/C25H27BrN4O3/c1-14(2)22(29-25(32)33-4)24(31)30-13-15(3)9-21(30)23-27-12-20(28-23)18-6-5-17-11-19(26)8-7-16(17)10-18/h5-8,10-12,14,21-22H,3,9,13H2,1-2,4H3,(H,27,28)(H,29,32). The summed E-state index contributed by atoms with van der Waals surface area (Å²) in [6.07, 6.45) is 1.79. The smallest absolute Gasteiger partial charge is 0.407 e. The summed E-state index contributed by atoms with van der Waals surface area (Å²) in [7, 11) is 1.29. The molecular weight excluding hydrogens is 484 g/mol. The Hall–Kier alpha value is -3.13. The predicted molar refractivity (Wildman–Crippen MR) is 132 cm³/mol. The maximum atomic E-state index is 13.4. The Labute approximate surface area is 201 Å². The van der Waals surface area contributed by atoms with Crippen molar-refractivity contribution >= 4 is 38.7 Å². The number of carbonyl (C=O) groups excluding carboxylic acids is 2. The number of rotatable bonds is 5. The van der Waals surface area contributed by atoms with E-state index in [4.69, 9.17) is 4.74 Å². The van der Waals surface area contributed by atoms with Crippen LogP contribution < -0.4 is 5.32 Å². The van der Waals surface area contributed by atoms with Crippen molar-refractivity contribution in [3.05, 3.63) is 65.0 Å². The lowest BCUT2D eigenvalue weighted by Crippen LogP contribution is -2.51. The van der Waals surface area contributed by atoms with Crippen LogP contribution in [-0.4, -0.2) is 46.6 Å². The number of methoxy groups -OCH3 is 1. The second-order valence-electron chi connectivity index (χ2n) is 8.68. The highest BCUT2D eigenvalue weighted by molar-refractivity contribution is 9.10. The number of halogens is 1. The molecule has 1 aliphatic heterocycles. The zero-order chi connectivity index (χ0) is 23.7. The van der Waals surface area contributed by atoms with Gasteiger partial charge in [-0.3, -0.25) is 4.79 Å². The van der Waals surface area contributed by atoms with Gasteiger partial charge in [0.15, 0.2) is 0 Å². The molecule has 1 aromatic heterocycles. The highest BCUT2D eigenvalue weighted by Gasteiger charge is 2.38. The first-order valence-electron chi connectivity index (χ1n) is 10.8. The van der Waals surface area contributed by atoms with Crippen LogP contribution in [0.4, 0.5) is 4.79 Å². The molecule has 0 bridgehead atoms. The van der Waals surface area contributed by atoms with Crippen LogP contribution in [-0.2, 0) is 9.53 Å². The molecule has 1 saturated heterocycles. The van der Waals surface area contributed by atoms with Crippen LogP contribution in [0.1, 0.15) is 32.1 Å². The number of H-pyrrole nitrogens is 1. The quantitative estimate of drug-likeness (QED) is 0.461. The average molecular weight is 511 g/mol. The summed E-state index contributed by atoms with van der Waals surface area (Å²) in [6.45, 7) is 8.31. The lowest BCUT2D eigenvalue weighted by molar-refractivity contribution is -0.135. The monoisotopic (exact) mass is 510 g/mol. The van der Waals surface area contributed by atoms with Crippen LogP contribution in [0.25, 0.3) is 22.0 Å². The number of likely N-dealkylation sites (tertiary alicyclic amines) is 1. The number of amides is 2. The Morgan fingerprint density at radius 1 is 1.24 bits per heavy atom. The number of hydrogen-bond donors (Lipinski definition) is 2. The molecule has 7 nitrogen and oxygen atoms in total. The summed E-state index contributed by atoms with van der Waals surface area (Å²) >= 11 is 3.51. The zero-order valence-corrected chi connectivity index (χ0v) is 20.5. The van der Waals surface area contributed by atoms with Crippen molar-refractivity contribution in [2.75, 3.05) is 13.7 Å². The van der Waals surface area contributed by atoms with Crippen molar-refractivity contribution in [1.29, 1.82) is 0 Å². The second-order valence-corrected chi connectivity index (χ2v) is 9.60. The Kier molecular flexibility index (Phi) is 6.56. The van der Waals surface area contributed by atoms with Gasteiger partial charge in [0, 0.05) is 16.6 Å². The first kappa shape index (κ1) is 23.0. The molecule has 1 fully saturated rings. The van der Waals surface area contributed by atoms with E-state index in [1.807, 2.05) is 19.9 Å². The number of nitrogens with zero attached hydrogens (tertiary/aromatic N) is 2. The van der Waals surface area contributed by atoms with Gasteiger partial charge in [0.05, 0.1) is 25.0 Å². The number of imidazole rings is 1. The summed E-state index contributed by atoms with van der Waals surface area (Å²) in [6, 6.07) is 11.5. The van der Waals surface area contributed by atoms with Gasteiger partial charge < -0.3 is 19.9 Å². The third-order valence-corrected chi connectivity index (χ3v) is 6.44. The molecule has 2 atom stereocenters. The number of carbonyl (C=O) groups is 2. The Morgan fingerprint density at radius 3 is 2.70 bits per heavy atom. The van der Waals surface area contributed by atoms with E-state index in [1.165, 1.54) is 7.11 Å². The van der Waals surface area contributed by atoms with E-state index in [-0.39, 0.29) is 17.9 Å². The molecule has 4 rings (SSSR count). The van der Waals surface area contributed by atoms with Crippen LogP contribution in [0.2, 0.25) is 0 Å². The topological polar surface area (TPSA) is 87.3 Å². The van der Waals surface area contributed by atoms with Crippen molar-refractivity contribution in [3.8, 4) is 11.3 Å². The highest BCUT2D eigenvalue weighted by Crippen LogP contribution is 2.35. The molecule has 33 heavy (non-hydrogen) atoms. The molecular formula is C25H27BrN4O3. The van der Waals surface area contributed by atoms with Crippen molar-refractivity contribution in [3.63, 3.8) is 0 Å². The van der Waals surface area contributed by atoms with Crippen LogP contribution in [0.3, 0.4) is 0 Å². The first-order chi connectivity index (χ1) is 15.8. The summed E-state index contributed by atoms with van der Waals surface area (Å²) in [4.78, 5) is 34.9. The molecule has 2 heterocycles. The minimum atomic E-state index is -0.694. The van der Waals surface area contributed by atoms with E-state index in [9.17, 15) is 9.59 Å². The molecule has 0 radical (unpaired) electrons. The van der Waals surface area contributed by atoms with E-state index in [0.717, 1.165) is 32.1 Å². The number of hydrogen-bond acceptors (Lipinski definition) is 4. The Bertz CT molecular complexity index is 1220. The van der Waals surface area contributed by atoms with Gasteiger partial charge in [-0.1, -0.05) is 60.1 Å². The third kappa shape index (κ3) is 4.80. The molecule has 2 N–H and O–H groups in total. The number of alkyl carbamates (subject to hydrolysis) is 1. The highest BCUT2D eigenvalue weighted by atomic mass is 79.9. The number of aromatic amines is 1. The second kappa shape index (κ2) is 9.39. The summed E-state index contributed by atoms with van der Waals surface area (Å²) in [5, 5.41) is 4.94. The maximum absolute atomic E-state index is 13.4. The molecule has 0 spiro atoms. The predicted octanol–water partition coefficient (Wildman–Crippen LogP) is 5.20. The largest absolute Gasteiger partial charge is 0.453 e. The molecule has 2 aromatic carbocycles. The molecule has 1 aliphatic rings. The molecule has 2 unspecified atom stereocenters. The van der Waals surface area contributed by atoms with Crippen LogP contribution in [0.15, 0.2) is 59.2 Å². The molecule has 0 saturated carbocycles. The number of ether oxygens (including phenoxy) is 1. The van der Waals surface area contributed by atoms with Gasteiger partial charge in [0.25, 0.3) is 0 Å². The minimum absolute atomic E-state index is 0.101. The maximum Gasteiger partial charge on any atom is 0.407 e. The average Bonchev–Trinajstić information content (AvgIpc) is 3.43. The van der Waals surface area contributed by atoms with Gasteiger partial charge in [0.1, 0.15) is 11.9 Å². The molecule has 172 valence electrons. The van der Waals surface area contributed by atoms with E-state index < -0.39 is 12.1 Å². The first-order valence-corrected chi connectivity index (χ1v) is 11.6. The van der Waals surface area contributed by atoms with Gasteiger partial charge in [0.2, 0.25) is 5.91 Å². The van der Waals surface area contributed by atoms with Gasteiger partial charge in [-0.15, -0.1) is 0 Å². The molecule has 3 aromatic rings. The van der Waals surface area contributed by atoms with Crippen molar-refractivity contribution in [1.82, 2.24) is 20.2 Å². The summed E-state index contributed by atoms with van der Waals surface area (Å²) < 4.78 is 5.75. The summed E-state index contributed by atoms with van der Waals surface area (Å²) in [5.74, 6) is 0.428. The number of fused-ring (bicyclic) bond motifs is 1. The lowest BCUT2D eigenvalue weighted by Gasteiger charge is -2.29. The molecule has 0 aliphatic carbocycles.